The minimum absolute atomic E-state index is 0.303. The molecule has 2 bridgehead atoms. The molecule has 1 aromatic heterocycles. The molecule has 0 aromatic carbocycles. The summed E-state index contributed by atoms with van der Waals surface area (Å²) in [6.07, 6.45) is -0.916. The van der Waals surface area contributed by atoms with Crippen molar-refractivity contribution in [2.24, 2.45) is 22.7 Å². The van der Waals surface area contributed by atoms with Gasteiger partial charge in [0.25, 0.3) is 0 Å². The summed E-state index contributed by atoms with van der Waals surface area (Å²) in [6.45, 7) is 3.32. The maximum atomic E-state index is 13.5. The number of hydrogen-bond acceptors (Lipinski definition) is 11. The van der Waals surface area contributed by atoms with E-state index in [2.05, 4.69) is 0 Å². The Kier molecular flexibility index (Phi) is 5.65. The first kappa shape index (κ1) is 25.0. The molecule has 202 valence electrons. The summed E-state index contributed by atoms with van der Waals surface area (Å²) in [6, 6.07) is 1.76. The summed E-state index contributed by atoms with van der Waals surface area (Å²) in [4.78, 5) is 26.7. The second-order valence-electron chi connectivity index (χ2n) is 11.5. The number of cyclic esters (lactones) is 1. The molecule has 0 amide bonds. The smallest absolute Gasteiger partial charge is 0.343 e. The molecule has 1 saturated carbocycles. The first-order valence-corrected chi connectivity index (χ1v) is 12.7. The summed E-state index contributed by atoms with van der Waals surface area (Å²) < 4.78 is 28.7. The topological polar surface area (TPSA) is 165 Å². The molecule has 0 spiro atoms. The molecule has 11 heteroatoms. The van der Waals surface area contributed by atoms with Crippen molar-refractivity contribution in [3.05, 3.63) is 36.3 Å². The van der Waals surface area contributed by atoms with Crippen LogP contribution < -0.4 is 0 Å². The van der Waals surface area contributed by atoms with Crippen molar-refractivity contribution in [3.63, 3.8) is 0 Å². The van der Waals surface area contributed by atoms with Crippen LogP contribution in [0.25, 0.3) is 0 Å². The molecule has 11 nitrogen and oxygen atoms in total. The second kappa shape index (κ2) is 8.36. The fraction of sp³-hybridized carbons (Fsp3) is 0.692. The van der Waals surface area contributed by atoms with E-state index in [9.17, 15) is 30.0 Å². The molecule has 5 heterocycles. The first-order chi connectivity index (χ1) is 17.6. The second-order valence-corrected chi connectivity index (χ2v) is 11.5. The van der Waals surface area contributed by atoms with Gasteiger partial charge in [0.2, 0.25) is 0 Å². The Morgan fingerprint density at radius 3 is 2.57 bits per heavy atom. The van der Waals surface area contributed by atoms with E-state index in [0.29, 0.717) is 19.3 Å². The maximum Gasteiger partial charge on any atom is 0.343 e. The SMILES string of the molecule is C[C@@]12C[C@@H](c3ccoc3)OC(=O)[C@@H]1CC[C@@]1(C)[C@@H]2[C@H]2C=C[C@]1(O[C@@H]1O[C@H](CO)[C@@H](O)[C@H](O)[C@H]1O)C(=O)O2. The fourth-order valence-electron chi connectivity index (χ4n) is 7.71. The van der Waals surface area contributed by atoms with Crippen molar-refractivity contribution in [2.45, 2.75) is 81.6 Å². The van der Waals surface area contributed by atoms with Gasteiger partial charge < -0.3 is 43.8 Å². The van der Waals surface area contributed by atoms with E-state index in [0.717, 1.165) is 5.56 Å². The van der Waals surface area contributed by atoms with Gasteiger partial charge in [0.15, 0.2) is 11.9 Å². The molecule has 37 heavy (non-hydrogen) atoms. The number of carbonyl (C=O) groups is 2. The van der Waals surface area contributed by atoms with Crippen molar-refractivity contribution in [2.75, 3.05) is 6.61 Å². The Morgan fingerprint density at radius 1 is 1.11 bits per heavy atom. The number of furan rings is 1. The Bertz CT molecular complexity index is 1100. The highest BCUT2D eigenvalue weighted by Crippen LogP contribution is 2.68. The van der Waals surface area contributed by atoms with Crippen molar-refractivity contribution < 1.29 is 53.4 Å². The zero-order chi connectivity index (χ0) is 26.3. The van der Waals surface area contributed by atoms with E-state index >= 15 is 0 Å². The lowest BCUT2D eigenvalue weighted by Gasteiger charge is -2.67. The molecule has 2 aliphatic carbocycles. The number of aliphatic hydroxyl groups excluding tert-OH is 4. The largest absolute Gasteiger partial charge is 0.472 e. The summed E-state index contributed by atoms with van der Waals surface area (Å²) in [7, 11) is 0. The summed E-state index contributed by atoms with van der Waals surface area (Å²) >= 11 is 0. The molecule has 0 unspecified atom stereocenters. The average Bonchev–Trinajstić information content (AvgIpc) is 3.40. The standard InChI is InChI=1S/C26H32O11/c1-24-9-15(12-5-8-33-11-12)34-21(31)13(24)3-6-25(2)20(24)14-4-7-26(25,23(32)36-14)37-22-19(30)18(29)17(28)16(10-27)35-22/h4-5,7-8,11,13-20,22,27-30H,3,6,9-10H2,1-2H3/t13-,14+,15-,16+,17+,18-,19+,20+,22-,24+,25-,26-/m0/s1. The van der Waals surface area contributed by atoms with Gasteiger partial charge in [0, 0.05) is 16.9 Å². The number of rotatable bonds is 4. The van der Waals surface area contributed by atoms with Crippen LogP contribution in [0, 0.1) is 22.7 Å². The number of ether oxygens (including phenoxy) is 4. The van der Waals surface area contributed by atoms with Crippen LogP contribution in [0.3, 0.4) is 0 Å². The van der Waals surface area contributed by atoms with E-state index in [-0.39, 0.29) is 11.9 Å². The van der Waals surface area contributed by atoms with Crippen LogP contribution in [-0.4, -0.2) is 81.4 Å². The highest BCUT2D eigenvalue weighted by molar-refractivity contribution is 5.87. The van der Waals surface area contributed by atoms with Gasteiger partial charge in [0.05, 0.1) is 25.1 Å². The van der Waals surface area contributed by atoms with Crippen LogP contribution in [0.15, 0.2) is 35.2 Å². The van der Waals surface area contributed by atoms with Crippen LogP contribution in [0.1, 0.15) is 44.8 Å². The Hall–Kier alpha value is -2.28. The van der Waals surface area contributed by atoms with Crippen molar-refractivity contribution in [1.82, 2.24) is 0 Å². The van der Waals surface area contributed by atoms with Gasteiger partial charge >= 0.3 is 11.9 Å². The van der Waals surface area contributed by atoms with Gasteiger partial charge in [-0.3, -0.25) is 4.79 Å². The summed E-state index contributed by atoms with van der Waals surface area (Å²) in [5, 5.41) is 40.8. The molecule has 6 aliphatic rings. The van der Waals surface area contributed by atoms with Crippen molar-refractivity contribution in [3.8, 4) is 0 Å². The zero-order valence-corrected chi connectivity index (χ0v) is 20.6. The normalized spacial score (nSPS) is 50.7. The Morgan fingerprint density at radius 2 is 1.89 bits per heavy atom. The lowest BCUT2D eigenvalue weighted by Crippen LogP contribution is -2.74. The molecule has 1 aromatic rings. The van der Waals surface area contributed by atoms with E-state index in [1.165, 1.54) is 6.26 Å². The molecule has 7 rings (SSSR count). The van der Waals surface area contributed by atoms with E-state index in [1.54, 1.807) is 24.5 Å². The van der Waals surface area contributed by atoms with E-state index in [4.69, 9.17) is 23.4 Å². The third-order valence-electron chi connectivity index (χ3n) is 9.62. The predicted octanol–water partition coefficient (Wildman–Crippen LogP) is 0.357. The van der Waals surface area contributed by atoms with Crippen molar-refractivity contribution >= 4 is 11.9 Å². The zero-order valence-electron chi connectivity index (χ0n) is 20.6. The molecular weight excluding hydrogens is 488 g/mol. The van der Waals surface area contributed by atoms with Gasteiger partial charge in [-0.05, 0) is 42.9 Å². The van der Waals surface area contributed by atoms with Gasteiger partial charge in [0.1, 0.15) is 36.6 Å². The molecule has 12 atom stereocenters. The lowest BCUT2D eigenvalue weighted by molar-refractivity contribution is -0.350. The fourth-order valence-corrected chi connectivity index (χ4v) is 7.71. The van der Waals surface area contributed by atoms with E-state index in [1.807, 2.05) is 13.8 Å². The predicted molar refractivity (Wildman–Crippen MR) is 121 cm³/mol. The average molecular weight is 521 g/mol. The molecule has 4 fully saturated rings. The number of hydrogen-bond donors (Lipinski definition) is 4. The number of esters is 2. The highest BCUT2D eigenvalue weighted by atomic mass is 16.7. The highest BCUT2D eigenvalue weighted by Gasteiger charge is 2.74. The van der Waals surface area contributed by atoms with E-state index < -0.39 is 77.8 Å². The molecule has 4 N–H and O–H groups in total. The number of fused-ring (bicyclic) bond motifs is 2. The minimum atomic E-state index is -1.69. The number of carbonyl (C=O) groups excluding carboxylic acids is 2. The Balaban J connectivity index is 1.38. The third-order valence-corrected chi connectivity index (χ3v) is 9.62. The molecular formula is C26H32O11. The number of aliphatic hydroxyl groups is 4. The monoisotopic (exact) mass is 520 g/mol. The van der Waals surface area contributed by atoms with Gasteiger partial charge in [-0.15, -0.1) is 0 Å². The van der Waals surface area contributed by atoms with Gasteiger partial charge in [-0.2, -0.15) is 0 Å². The summed E-state index contributed by atoms with van der Waals surface area (Å²) in [5.41, 5.74) is -2.45. The lowest BCUT2D eigenvalue weighted by atomic mass is 9.42. The minimum Gasteiger partial charge on any atom is -0.472 e. The Labute approximate surface area is 212 Å². The van der Waals surface area contributed by atoms with Gasteiger partial charge in [-0.25, -0.2) is 4.79 Å². The summed E-state index contributed by atoms with van der Waals surface area (Å²) in [5.74, 6) is -1.71. The molecule has 4 aliphatic heterocycles. The van der Waals surface area contributed by atoms with Gasteiger partial charge in [-0.1, -0.05) is 13.8 Å². The quantitative estimate of drug-likeness (QED) is 0.320. The molecule has 0 radical (unpaired) electrons. The maximum absolute atomic E-state index is 13.5. The van der Waals surface area contributed by atoms with Crippen LogP contribution >= 0.6 is 0 Å². The first-order valence-electron chi connectivity index (χ1n) is 12.7. The molecule has 3 saturated heterocycles. The van der Waals surface area contributed by atoms with Crippen molar-refractivity contribution in [1.29, 1.82) is 0 Å². The van der Waals surface area contributed by atoms with Crippen LogP contribution in [0.5, 0.6) is 0 Å². The van der Waals surface area contributed by atoms with Crippen LogP contribution in [0.2, 0.25) is 0 Å². The van der Waals surface area contributed by atoms with Crippen LogP contribution in [0.4, 0.5) is 0 Å². The van der Waals surface area contributed by atoms with Crippen LogP contribution in [-0.2, 0) is 28.5 Å². The third kappa shape index (κ3) is 3.28.